The minimum Gasteiger partial charge on any atom is -0.502 e. The molecule has 0 saturated heterocycles. The summed E-state index contributed by atoms with van der Waals surface area (Å²) in [5.74, 6) is -2.48. The second-order valence-corrected chi connectivity index (χ2v) is 8.13. The van der Waals surface area contributed by atoms with Crippen LogP contribution >= 0.6 is 23.2 Å². The molecule has 0 unspecified atom stereocenters. The number of benzene rings is 1. The van der Waals surface area contributed by atoms with Crippen molar-refractivity contribution in [3.05, 3.63) is 28.2 Å². The quantitative estimate of drug-likeness (QED) is 0.759. The molecule has 10 heteroatoms. The number of furan rings is 1. The van der Waals surface area contributed by atoms with Gasteiger partial charge >= 0.3 is 5.97 Å². The number of hydrogen-bond acceptors (Lipinski definition) is 6. The first kappa shape index (κ1) is 19.4. The van der Waals surface area contributed by atoms with Crippen molar-refractivity contribution in [3.63, 3.8) is 0 Å². The van der Waals surface area contributed by atoms with Gasteiger partial charge < -0.3 is 14.3 Å². The maximum absolute atomic E-state index is 12.1. The highest BCUT2D eigenvalue weighted by atomic mass is 35.5. The first-order chi connectivity index (χ1) is 11.6. The molecule has 0 atom stereocenters. The molecule has 25 heavy (non-hydrogen) atoms. The first-order valence-corrected chi connectivity index (χ1v) is 9.41. The Kier molecular flexibility index (Phi) is 5.55. The molecule has 0 aliphatic rings. The standard InChI is InChI=1S/C15H15Cl2NO6S/c1-4-25(21,22)18(3)15-14(23-8(2)19)12(20)13(24-15)10-7-9(16)5-6-11(10)17/h5-7,20H,4H2,1-3H3. The Morgan fingerprint density at radius 3 is 2.56 bits per heavy atom. The summed E-state index contributed by atoms with van der Waals surface area (Å²) in [5.41, 5.74) is 0.216. The van der Waals surface area contributed by atoms with Gasteiger partial charge in [0.1, 0.15) is 0 Å². The van der Waals surface area contributed by atoms with E-state index in [1.54, 1.807) is 0 Å². The third-order valence-electron chi connectivity index (χ3n) is 3.31. The van der Waals surface area contributed by atoms with Crippen LogP contribution in [0.15, 0.2) is 22.6 Å². The van der Waals surface area contributed by atoms with Gasteiger partial charge in [0.2, 0.25) is 21.5 Å². The maximum atomic E-state index is 12.1. The Morgan fingerprint density at radius 1 is 1.36 bits per heavy atom. The summed E-state index contributed by atoms with van der Waals surface area (Å²) in [6.07, 6.45) is 0. The smallest absolute Gasteiger partial charge is 0.308 e. The predicted molar refractivity (Wildman–Crippen MR) is 95.0 cm³/mol. The molecule has 0 saturated carbocycles. The molecule has 0 aliphatic heterocycles. The number of rotatable bonds is 5. The number of halogens is 2. The van der Waals surface area contributed by atoms with E-state index in [-0.39, 0.29) is 28.0 Å². The Bertz CT molecular complexity index is 922. The lowest BCUT2D eigenvalue weighted by molar-refractivity contribution is -0.132. The molecule has 2 aromatic rings. The van der Waals surface area contributed by atoms with E-state index in [4.69, 9.17) is 32.4 Å². The van der Waals surface area contributed by atoms with Crippen molar-refractivity contribution < 1.29 is 27.5 Å². The fourth-order valence-electron chi connectivity index (χ4n) is 2.01. The number of anilines is 1. The van der Waals surface area contributed by atoms with Crippen LogP contribution in [0.5, 0.6) is 11.5 Å². The van der Waals surface area contributed by atoms with Crippen molar-refractivity contribution in [2.75, 3.05) is 17.1 Å². The van der Waals surface area contributed by atoms with E-state index in [0.717, 1.165) is 11.2 Å². The second-order valence-electron chi connectivity index (χ2n) is 5.00. The zero-order valence-electron chi connectivity index (χ0n) is 13.5. The zero-order chi connectivity index (χ0) is 18.9. The van der Waals surface area contributed by atoms with Crippen LogP contribution in [0.2, 0.25) is 10.0 Å². The highest BCUT2D eigenvalue weighted by Gasteiger charge is 2.31. The highest BCUT2D eigenvalue weighted by Crippen LogP contribution is 2.49. The fourth-order valence-corrected chi connectivity index (χ4v) is 3.15. The van der Waals surface area contributed by atoms with Gasteiger partial charge in [0, 0.05) is 24.6 Å². The van der Waals surface area contributed by atoms with Gasteiger partial charge in [0.25, 0.3) is 5.88 Å². The Balaban J connectivity index is 2.72. The van der Waals surface area contributed by atoms with E-state index in [9.17, 15) is 18.3 Å². The molecule has 0 amide bonds. The summed E-state index contributed by atoms with van der Waals surface area (Å²) in [6, 6.07) is 4.45. The van der Waals surface area contributed by atoms with Crippen LogP contribution in [-0.2, 0) is 14.8 Å². The van der Waals surface area contributed by atoms with E-state index in [1.165, 1.54) is 32.2 Å². The molecule has 0 radical (unpaired) electrons. The molecule has 2 rings (SSSR count). The largest absolute Gasteiger partial charge is 0.502 e. The van der Waals surface area contributed by atoms with Crippen molar-refractivity contribution >= 4 is 45.1 Å². The molecule has 0 aliphatic carbocycles. The fraction of sp³-hybridized carbons (Fsp3) is 0.267. The number of aromatic hydroxyl groups is 1. The van der Waals surface area contributed by atoms with Crippen LogP contribution in [0.4, 0.5) is 5.88 Å². The molecule has 0 fully saturated rings. The average Bonchev–Trinajstić information content (AvgIpc) is 2.85. The number of nitrogens with zero attached hydrogens (tertiary/aromatic N) is 1. The minimum absolute atomic E-state index is 0.170. The molecule has 1 heterocycles. The normalized spacial score (nSPS) is 11.4. The van der Waals surface area contributed by atoms with Crippen molar-refractivity contribution in [2.24, 2.45) is 0 Å². The van der Waals surface area contributed by atoms with Gasteiger partial charge in [-0.25, -0.2) is 12.7 Å². The van der Waals surface area contributed by atoms with Crippen LogP contribution in [-0.4, -0.2) is 32.3 Å². The number of carbonyl (C=O) groups is 1. The van der Waals surface area contributed by atoms with Crippen LogP contribution in [0.3, 0.4) is 0 Å². The van der Waals surface area contributed by atoms with Crippen LogP contribution in [0, 0.1) is 0 Å². The maximum Gasteiger partial charge on any atom is 0.308 e. The lowest BCUT2D eigenvalue weighted by atomic mass is 10.1. The third-order valence-corrected chi connectivity index (χ3v) is 5.60. The van der Waals surface area contributed by atoms with Gasteiger partial charge in [-0.05, 0) is 25.1 Å². The SMILES string of the molecule is CCS(=O)(=O)N(C)c1oc(-c2cc(Cl)ccc2Cl)c(O)c1OC(C)=O. The molecule has 7 nitrogen and oxygen atoms in total. The topological polar surface area (TPSA) is 97.1 Å². The molecule has 0 spiro atoms. The van der Waals surface area contributed by atoms with E-state index in [2.05, 4.69) is 0 Å². The lowest BCUT2D eigenvalue weighted by Gasteiger charge is -2.16. The summed E-state index contributed by atoms with van der Waals surface area (Å²) in [6.45, 7) is 2.55. The zero-order valence-corrected chi connectivity index (χ0v) is 15.9. The summed E-state index contributed by atoms with van der Waals surface area (Å²) >= 11 is 12.0. The monoisotopic (exact) mass is 407 g/mol. The Hall–Kier alpha value is -1.90. The third kappa shape index (κ3) is 3.86. The van der Waals surface area contributed by atoms with E-state index in [1.807, 2.05) is 0 Å². The van der Waals surface area contributed by atoms with Gasteiger partial charge in [0.05, 0.1) is 10.8 Å². The molecular weight excluding hydrogens is 393 g/mol. The van der Waals surface area contributed by atoms with Crippen LogP contribution in [0.1, 0.15) is 13.8 Å². The van der Waals surface area contributed by atoms with Gasteiger partial charge in [-0.1, -0.05) is 23.2 Å². The number of hydrogen-bond donors (Lipinski definition) is 1. The molecule has 1 aromatic carbocycles. The van der Waals surface area contributed by atoms with Crippen molar-refractivity contribution in [3.8, 4) is 22.8 Å². The number of carbonyl (C=O) groups excluding carboxylic acids is 1. The van der Waals surface area contributed by atoms with Crippen LogP contribution in [0.25, 0.3) is 11.3 Å². The number of ether oxygens (including phenoxy) is 1. The van der Waals surface area contributed by atoms with Gasteiger partial charge in [-0.2, -0.15) is 0 Å². The van der Waals surface area contributed by atoms with Gasteiger partial charge in [0.15, 0.2) is 5.76 Å². The highest BCUT2D eigenvalue weighted by molar-refractivity contribution is 7.92. The summed E-state index contributed by atoms with van der Waals surface area (Å²) in [4.78, 5) is 11.3. The van der Waals surface area contributed by atoms with E-state index < -0.39 is 27.5 Å². The van der Waals surface area contributed by atoms with Crippen molar-refractivity contribution in [1.29, 1.82) is 0 Å². The van der Waals surface area contributed by atoms with E-state index >= 15 is 0 Å². The Morgan fingerprint density at radius 2 is 2.00 bits per heavy atom. The molecule has 1 N–H and O–H groups in total. The van der Waals surface area contributed by atoms with Crippen molar-refractivity contribution in [2.45, 2.75) is 13.8 Å². The first-order valence-electron chi connectivity index (χ1n) is 7.04. The van der Waals surface area contributed by atoms with Gasteiger partial charge in [-0.15, -0.1) is 0 Å². The second kappa shape index (κ2) is 7.15. The number of sulfonamides is 1. The van der Waals surface area contributed by atoms with Crippen molar-refractivity contribution in [1.82, 2.24) is 0 Å². The Labute approximate surface area is 154 Å². The minimum atomic E-state index is -3.74. The number of esters is 1. The molecule has 136 valence electrons. The summed E-state index contributed by atoms with van der Waals surface area (Å²) in [7, 11) is -2.52. The average molecular weight is 408 g/mol. The lowest BCUT2D eigenvalue weighted by Crippen LogP contribution is -2.28. The van der Waals surface area contributed by atoms with Gasteiger partial charge in [-0.3, -0.25) is 4.79 Å². The predicted octanol–water partition coefficient (Wildman–Crippen LogP) is 3.67. The summed E-state index contributed by atoms with van der Waals surface area (Å²) < 4.78 is 35.4. The van der Waals surface area contributed by atoms with Crippen LogP contribution < -0.4 is 9.04 Å². The van der Waals surface area contributed by atoms with E-state index in [0.29, 0.717) is 5.02 Å². The summed E-state index contributed by atoms with van der Waals surface area (Å²) in [5, 5.41) is 10.9. The molecular formula is C15H15Cl2NO6S. The molecule has 1 aromatic heterocycles. The molecule has 0 bridgehead atoms.